The van der Waals surface area contributed by atoms with E-state index in [4.69, 9.17) is 9.15 Å². The molecule has 1 unspecified atom stereocenters. The van der Waals surface area contributed by atoms with Crippen molar-refractivity contribution >= 4 is 11.8 Å². The third-order valence-electron chi connectivity index (χ3n) is 6.21. The molecule has 35 heavy (non-hydrogen) atoms. The summed E-state index contributed by atoms with van der Waals surface area (Å²) in [5, 5.41) is 2.86. The van der Waals surface area contributed by atoms with Gasteiger partial charge in [0, 0.05) is 20.0 Å². The molecule has 1 aromatic heterocycles. The van der Waals surface area contributed by atoms with Crippen LogP contribution in [0.15, 0.2) is 59.0 Å². The van der Waals surface area contributed by atoms with E-state index in [2.05, 4.69) is 19.2 Å². The summed E-state index contributed by atoms with van der Waals surface area (Å²) in [6, 6.07) is 15.2. The number of amides is 2. The lowest BCUT2D eigenvalue weighted by atomic mass is 9.88. The van der Waals surface area contributed by atoms with Crippen molar-refractivity contribution in [2.45, 2.75) is 46.3 Å². The second kappa shape index (κ2) is 10.8. The van der Waals surface area contributed by atoms with Gasteiger partial charge in [-0.05, 0) is 71.8 Å². The van der Waals surface area contributed by atoms with E-state index in [0.29, 0.717) is 30.5 Å². The monoisotopic (exact) mass is 478 g/mol. The van der Waals surface area contributed by atoms with Gasteiger partial charge in [0.25, 0.3) is 5.91 Å². The maximum absolute atomic E-state index is 13.5. The minimum atomic E-state index is -0.317. The average molecular weight is 479 g/mol. The molecule has 3 aromatic rings. The van der Waals surface area contributed by atoms with Crippen LogP contribution < -0.4 is 10.1 Å². The van der Waals surface area contributed by atoms with Gasteiger partial charge in [0.15, 0.2) is 5.76 Å². The highest BCUT2D eigenvalue weighted by Crippen LogP contribution is 2.37. The van der Waals surface area contributed by atoms with Gasteiger partial charge < -0.3 is 19.4 Å². The molecule has 0 saturated carbocycles. The van der Waals surface area contributed by atoms with Gasteiger partial charge in [-0.15, -0.1) is 0 Å². The number of rotatable bonds is 8. The molecule has 184 valence electrons. The number of nitrogens with one attached hydrogen (secondary N) is 1. The van der Waals surface area contributed by atoms with Crippen LogP contribution in [0.4, 0.5) is 4.39 Å². The molecule has 1 aliphatic heterocycles. The van der Waals surface area contributed by atoms with Crippen molar-refractivity contribution < 1.29 is 23.1 Å². The smallest absolute Gasteiger partial charge is 0.286 e. The number of fused-ring (bicyclic) bond motifs is 1. The Morgan fingerprint density at radius 2 is 1.91 bits per heavy atom. The molecule has 2 amide bonds. The number of halogens is 1. The van der Waals surface area contributed by atoms with Gasteiger partial charge in [-0.2, -0.15) is 0 Å². The molecule has 4 rings (SSSR count). The van der Waals surface area contributed by atoms with Gasteiger partial charge in [0.05, 0.1) is 6.04 Å². The molecular weight excluding hydrogens is 447 g/mol. The summed E-state index contributed by atoms with van der Waals surface area (Å²) >= 11 is 0. The minimum Gasteiger partial charge on any atom is -0.486 e. The Hall–Kier alpha value is -3.61. The summed E-state index contributed by atoms with van der Waals surface area (Å²) in [7, 11) is 0. The van der Waals surface area contributed by atoms with E-state index in [-0.39, 0.29) is 36.0 Å². The Bertz CT molecular complexity index is 1190. The quantitative estimate of drug-likeness (QED) is 0.479. The molecule has 6 nitrogen and oxygen atoms in total. The van der Waals surface area contributed by atoms with Crippen LogP contribution in [0.3, 0.4) is 0 Å². The number of hydrogen-bond donors (Lipinski definition) is 1. The highest BCUT2D eigenvalue weighted by Gasteiger charge is 2.31. The highest BCUT2D eigenvalue weighted by atomic mass is 19.1. The lowest BCUT2D eigenvalue weighted by Gasteiger charge is -2.37. The average Bonchev–Trinajstić information content (AvgIpc) is 3.31. The fourth-order valence-electron chi connectivity index (χ4n) is 4.32. The third kappa shape index (κ3) is 5.91. The molecule has 1 aliphatic rings. The summed E-state index contributed by atoms with van der Waals surface area (Å²) in [6.07, 6.45) is 1.64. The molecule has 2 heterocycles. The zero-order valence-corrected chi connectivity index (χ0v) is 20.3. The third-order valence-corrected chi connectivity index (χ3v) is 6.21. The zero-order chi connectivity index (χ0) is 24.9. The lowest BCUT2D eigenvalue weighted by Crippen LogP contribution is -2.39. The fraction of sp³-hybridized carbons (Fsp3) is 0.357. The summed E-state index contributed by atoms with van der Waals surface area (Å²) in [6.45, 7) is 7.12. The van der Waals surface area contributed by atoms with Crippen molar-refractivity contribution in [3.63, 3.8) is 0 Å². The Balaban J connectivity index is 1.48. The predicted octanol–water partition coefficient (Wildman–Crippen LogP) is 5.27. The number of ether oxygens (including phenoxy) is 1. The summed E-state index contributed by atoms with van der Waals surface area (Å²) < 4.78 is 25.2. The van der Waals surface area contributed by atoms with E-state index in [1.54, 1.807) is 36.1 Å². The first-order valence-corrected chi connectivity index (χ1v) is 12.0. The fourth-order valence-corrected chi connectivity index (χ4v) is 4.32. The van der Waals surface area contributed by atoms with Crippen molar-refractivity contribution in [1.82, 2.24) is 10.2 Å². The first-order valence-electron chi connectivity index (χ1n) is 12.0. The lowest BCUT2D eigenvalue weighted by molar-refractivity contribution is -0.130. The Morgan fingerprint density at radius 1 is 1.14 bits per heavy atom. The number of hydrogen-bond acceptors (Lipinski definition) is 4. The van der Waals surface area contributed by atoms with Gasteiger partial charge in [-0.3, -0.25) is 9.59 Å². The Labute approximate surface area is 205 Å². The van der Waals surface area contributed by atoms with E-state index < -0.39 is 0 Å². The van der Waals surface area contributed by atoms with Crippen LogP contribution in [0.5, 0.6) is 5.75 Å². The topological polar surface area (TPSA) is 71.8 Å². The summed E-state index contributed by atoms with van der Waals surface area (Å²) in [5.41, 5.74) is 2.93. The van der Waals surface area contributed by atoms with E-state index in [9.17, 15) is 14.0 Å². The van der Waals surface area contributed by atoms with Gasteiger partial charge in [-0.25, -0.2) is 4.39 Å². The molecule has 1 N–H and O–H groups in total. The first kappa shape index (κ1) is 24.5. The number of carbonyl (C=O) groups excluding carboxylic acids is 2. The number of carbonyl (C=O) groups is 2. The molecular formula is C28H31FN2O4. The van der Waals surface area contributed by atoms with E-state index in [1.165, 1.54) is 12.1 Å². The van der Waals surface area contributed by atoms with Crippen LogP contribution in [-0.2, 0) is 17.8 Å². The van der Waals surface area contributed by atoms with E-state index in [0.717, 1.165) is 29.5 Å². The van der Waals surface area contributed by atoms with E-state index in [1.807, 2.05) is 18.2 Å². The molecule has 0 aliphatic carbocycles. The van der Waals surface area contributed by atoms with Crippen molar-refractivity contribution in [1.29, 1.82) is 0 Å². The molecule has 2 aromatic carbocycles. The van der Waals surface area contributed by atoms with Gasteiger partial charge >= 0.3 is 0 Å². The Morgan fingerprint density at radius 3 is 2.63 bits per heavy atom. The molecule has 0 radical (unpaired) electrons. The highest BCUT2D eigenvalue weighted by molar-refractivity contribution is 5.91. The van der Waals surface area contributed by atoms with Crippen molar-refractivity contribution in [2.75, 3.05) is 13.1 Å². The first-order chi connectivity index (χ1) is 16.8. The van der Waals surface area contributed by atoms with Crippen LogP contribution in [0.2, 0.25) is 0 Å². The van der Waals surface area contributed by atoms with E-state index >= 15 is 0 Å². The standard InChI is InChI=1S/C28H31FN2O4/c1-18(2)12-14-30-28(33)26-11-10-24(35-26)17-34-23-9-6-20-13-15-31(19(3)32)27(25(20)16-23)21-4-7-22(29)8-5-21/h4-11,16,18,27H,12-15,17H2,1-3H3,(H,30,33). The number of benzene rings is 2. The van der Waals surface area contributed by atoms with Crippen LogP contribution in [0.25, 0.3) is 0 Å². The largest absolute Gasteiger partial charge is 0.486 e. The van der Waals surface area contributed by atoms with Crippen molar-refractivity contribution in [3.8, 4) is 5.75 Å². The second-order valence-electron chi connectivity index (χ2n) is 9.27. The predicted molar refractivity (Wildman–Crippen MR) is 131 cm³/mol. The molecule has 7 heteroatoms. The summed E-state index contributed by atoms with van der Waals surface area (Å²) in [4.78, 5) is 26.4. The van der Waals surface area contributed by atoms with Gasteiger partial charge in [-0.1, -0.05) is 32.0 Å². The van der Waals surface area contributed by atoms with Gasteiger partial charge in [0.2, 0.25) is 5.91 Å². The number of furan rings is 1. The van der Waals surface area contributed by atoms with Crippen LogP contribution in [0, 0.1) is 11.7 Å². The van der Waals surface area contributed by atoms with Crippen LogP contribution >= 0.6 is 0 Å². The molecule has 0 spiro atoms. The normalized spacial score (nSPS) is 15.1. The maximum atomic E-state index is 13.5. The second-order valence-corrected chi connectivity index (χ2v) is 9.27. The zero-order valence-electron chi connectivity index (χ0n) is 20.3. The minimum absolute atomic E-state index is 0.0360. The van der Waals surface area contributed by atoms with Crippen LogP contribution in [0.1, 0.15) is 66.2 Å². The molecule has 1 atom stereocenters. The molecule has 0 saturated heterocycles. The molecule has 0 fully saturated rings. The Kier molecular flexibility index (Phi) is 7.54. The van der Waals surface area contributed by atoms with Crippen molar-refractivity contribution in [2.24, 2.45) is 5.92 Å². The van der Waals surface area contributed by atoms with Crippen molar-refractivity contribution in [3.05, 3.63) is 88.6 Å². The van der Waals surface area contributed by atoms with Gasteiger partial charge in [0.1, 0.15) is 23.9 Å². The maximum Gasteiger partial charge on any atom is 0.286 e. The SMILES string of the molecule is CC(=O)N1CCc2ccc(OCc3ccc(C(=O)NCCC(C)C)o3)cc2C1c1ccc(F)cc1. The number of nitrogens with zero attached hydrogens (tertiary/aromatic N) is 1. The summed E-state index contributed by atoms with van der Waals surface area (Å²) in [5.74, 6) is 1.34. The molecule has 0 bridgehead atoms. The van der Waals surface area contributed by atoms with Crippen LogP contribution in [-0.4, -0.2) is 29.8 Å².